The van der Waals surface area contributed by atoms with Crippen LogP contribution in [0.5, 0.6) is 0 Å². The maximum absolute atomic E-state index is 14.1. The number of thiophene rings is 1. The molecule has 1 atom stereocenters. The van der Waals surface area contributed by atoms with Crippen molar-refractivity contribution in [1.82, 2.24) is 29.2 Å². The molecule has 0 spiro atoms. The van der Waals surface area contributed by atoms with Crippen molar-refractivity contribution in [2.45, 2.75) is 77.0 Å². The number of aryl methyl sites for hydroxylation is 1. The number of aromatic nitrogens is 2. The van der Waals surface area contributed by atoms with Crippen LogP contribution >= 0.6 is 11.3 Å². The van der Waals surface area contributed by atoms with Crippen molar-refractivity contribution in [3.8, 4) is 11.3 Å². The Morgan fingerprint density at radius 3 is 2.51 bits per heavy atom. The van der Waals surface area contributed by atoms with Crippen LogP contribution in [-0.2, 0) is 47.0 Å². The number of sulfonamides is 1. The number of β-amino-alcohol motifs (C(OH)–C–C–N with tert-alkyl or cyclic N) is 1. The fourth-order valence-electron chi connectivity index (χ4n) is 7.18. The molecule has 11 nitrogen and oxygen atoms in total. The number of halogens is 3. The molecule has 49 heavy (non-hydrogen) atoms. The lowest BCUT2D eigenvalue weighted by atomic mass is 9.97. The van der Waals surface area contributed by atoms with E-state index >= 15 is 0 Å². The summed E-state index contributed by atoms with van der Waals surface area (Å²) in [5.41, 5.74) is 1.67. The van der Waals surface area contributed by atoms with E-state index in [1.165, 1.54) is 27.8 Å². The summed E-state index contributed by atoms with van der Waals surface area (Å²) in [5.74, 6) is -0.259. The summed E-state index contributed by atoms with van der Waals surface area (Å²) in [7, 11) is -3.57. The number of carbonyl (C=O) groups excluding carboxylic acids is 2. The van der Waals surface area contributed by atoms with E-state index < -0.39 is 33.8 Å². The molecule has 3 aromatic rings. The Labute approximate surface area is 287 Å². The number of amides is 2. The first kappa shape index (κ1) is 35.5. The van der Waals surface area contributed by atoms with Crippen molar-refractivity contribution >= 4 is 33.2 Å². The Morgan fingerprint density at radius 1 is 1.12 bits per heavy atom. The lowest BCUT2D eigenvalue weighted by molar-refractivity contribution is -0.138. The molecule has 2 amide bonds. The van der Waals surface area contributed by atoms with Gasteiger partial charge in [0.15, 0.2) is 0 Å². The lowest BCUT2D eigenvalue weighted by Crippen LogP contribution is -2.47. The van der Waals surface area contributed by atoms with E-state index in [0.29, 0.717) is 41.1 Å². The zero-order valence-corrected chi connectivity index (χ0v) is 29.1. The van der Waals surface area contributed by atoms with Crippen LogP contribution in [0.4, 0.5) is 13.2 Å². The van der Waals surface area contributed by atoms with Crippen LogP contribution < -0.4 is 5.32 Å². The SMILES string of the molecule is Cc1ccsc1C(=O)NCc1cc(-c2nn(CC(O)CN3CCC(N4CCCC4=O)CC3)c3c2CN(S(C)(=O)=O)CC3)ccc1C(F)(F)F. The minimum absolute atomic E-state index is 0.00687. The van der Waals surface area contributed by atoms with Crippen molar-refractivity contribution in [2.75, 3.05) is 39.0 Å². The molecule has 3 aliphatic heterocycles. The van der Waals surface area contributed by atoms with E-state index in [0.717, 1.165) is 62.5 Å². The molecule has 2 saturated heterocycles. The maximum Gasteiger partial charge on any atom is 0.416 e. The average Bonchev–Trinajstić information content (AvgIpc) is 3.77. The van der Waals surface area contributed by atoms with Gasteiger partial charge in [0.1, 0.15) is 0 Å². The first-order valence-corrected chi connectivity index (χ1v) is 19.2. The van der Waals surface area contributed by atoms with Crippen molar-refractivity contribution in [2.24, 2.45) is 0 Å². The second-order valence-corrected chi connectivity index (χ2v) is 16.1. The Bertz CT molecular complexity index is 1820. The lowest BCUT2D eigenvalue weighted by Gasteiger charge is -2.37. The molecule has 3 aliphatic rings. The van der Waals surface area contributed by atoms with Crippen LogP contribution in [0.15, 0.2) is 29.6 Å². The van der Waals surface area contributed by atoms with Gasteiger partial charge in [-0.15, -0.1) is 11.3 Å². The average molecular weight is 723 g/mol. The molecule has 0 radical (unpaired) electrons. The van der Waals surface area contributed by atoms with E-state index in [-0.39, 0.29) is 43.7 Å². The van der Waals surface area contributed by atoms with E-state index in [4.69, 9.17) is 5.10 Å². The van der Waals surface area contributed by atoms with Gasteiger partial charge in [-0.2, -0.15) is 22.6 Å². The summed E-state index contributed by atoms with van der Waals surface area (Å²) in [6, 6.07) is 5.61. The van der Waals surface area contributed by atoms with Crippen LogP contribution in [0.2, 0.25) is 0 Å². The summed E-state index contributed by atoms with van der Waals surface area (Å²) in [4.78, 5) is 29.5. The van der Waals surface area contributed by atoms with Gasteiger partial charge in [-0.1, -0.05) is 6.07 Å². The number of nitrogens with zero attached hydrogens (tertiary/aromatic N) is 5. The zero-order valence-electron chi connectivity index (χ0n) is 27.5. The third-order valence-corrected chi connectivity index (χ3v) is 12.0. The summed E-state index contributed by atoms with van der Waals surface area (Å²) < 4.78 is 70.3. The van der Waals surface area contributed by atoms with Gasteiger partial charge in [0.25, 0.3) is 5.91 Å². The van der Waals surface area contributed by atoms with Gasteiger partial charge in [0.2, 0.25) is 15.9 Å². The summed E-state index contributed by atoms with van der Waals surface area (Å²) >= 11 is 1.21. The highest BCUT2D eigenvalue weighted by molar-refractivity contribution is 7.88. The van der Waals surface area contributed by atoms with E-state index in [9.17, 15) is 36.3 Å². The Balaban J connectivity index is 1.24. The van der Waals surface area contributed by atoms with Gasteiger partial charge in [-0.25, -0.2) is 8.42 Å². The van der Waals surface area contributed by atoms with Crippen LogP contribution in [0.3, 0.4) is 0 Å². The van der Waals surface area contributed by atoms with Crippen LogP contribution in [0.25, 0.3) is 11.3 Å². The predicted molar refractivity (Wildman–Crippen MR) is 178 cm³/mol. The highest BCUT2D eigenvalue weighted by Crippen LogP contribution is 2.37. The number of hydrogen-bond donors (Lipinski definition) is 2. The number of nitrogens with one attached hydrogen (secondary N) is 1. The van der Waals surface area contributed by atoms with Gasteiger partial charge in [-0.3, -0.25) is 14.3 Å². The second kappa shape index (κ2) is 14.1. The number of fused-ring (bicyclic) bond motifs is 1. The smallest absolute Gasteiger partial charge is 0.390 e. The standard InChI is InChI=1S/C33H41F3N6O5S2/c1-21-10-15-48-31(21)32(45)37-17-23-16-22(5-6-27(23)33(34,35)36)30-26-20-40(49(2,46)47)14-9-28(26)42(38-30)19-25(43)18-39-12-7-24(8-13-39)41-11-3-4-29(41)44/h5-6,10,15-16,24-25,43H,3-4,7-9,11-14,17-20H2,1-2H3,(H,37,45). The van der Waals surface area contributed by atoms with Crippen LogP contribution in [0.1, 0.15) is 63.3 Å². The molecule has 2 aromatic heterocycles. The van der Waals surface area contributed by atoms with E-state index in [1.807, 2.05) is 4.90 Å². The van der Waals surface area contributed by atoms with Crippen molar-refractivity contribution in [3.63, 3.8) is 0 Å². The third-order valence-electron chi connectivity index (χ3n) is 9.72. The van der Waals surface area contributed by atoms with E-state index in [1.54, 1.807) is 23.1 Å². The highest BCUT2D eigenvalue weighted by Gasteiger charge is 2.36. The Morgan fingerprint density at radius 2 is 1.88 bits per heavy atom. The van der Waals surface area contributed by atoms with E-state index in [2.05, 4.69) is 10.2 Å². The van der Waals surface area contributed by atoms with Gasteiger partial charge >= 0.3 is 6.18 Å². The maximum atomic E-state index is 14.1. The van der Waals surface area contributed by atoms with Gasteiger partial charge < -0.3 is 20.2 Å². The van der Waals surface area contributed by atoms with Gasteiger partial charge in [0.05, 0.1) is 35.0 Å². The number of likely N-dealkylation sites (tertiary alicyclic amines) is 2. The molecular formula is C33H41F3N6O5S2. The molecular weight excluding hydrogens is 682 g/mol. The topological polar surface area (TPSA) is 128 Å². The summed E-state index contributed by atoms with van der Waals surface area (Å²) in [6.07, 6.45) is -0.869. The largest absolute Gasteiger partial charge is 0.416 e. The number of rotatable bonds is 10. The molecule has 2 fully saturated rings. The highest BCUT2D eigenvalue weighted by atomic mass is 32.2. The second-order valence-electron chi connectivity index (χ2n) is 13.2. The summed E-state index contributed by atoms with van der Waals surface area (Å²) in [6.45, 7) is 4.38. The molecule has 0 bridgehead atoms. The van der Waals surface area contributed by atoms with Crippen LogP contribution in [-0.4, -0.2) is 100 Å². The van der Waals surface area contributed by atoms with Crippen molar-refractivity contribution in [3.05, 3.63) is 62.5 Å². The molecule has 1 unspecified atom stereocenters. The molecule has 16 heteroatoms. The molecule has 0 saturated carbocycles. The minimum atomic E-state index is -4.67. The first-order chi connectivity index (χ1) is 23.2. The van der Waals surface area contributed by atoms with Gasteiger partial charge in [-0.05, 0) is 60.9 Å². The normalized spacial score (nSPS) is 19.0. The molecule has 5 heterocycles. The number of hydrogen-bond acceptors (Lipinski definition) is 8. The number of piperidine rings is 1. The summed E-state index contributed by atoms with van der Waals surface area (Å²) in [5, 5.41) is 20.3. The van der Waals surface area contributed by atoms with Crippen molar-refractivity contribution < 1.29 is 36.3 Å². The molecule has 0 aliphatic carbocycles. The minimum Gasteiger partial charge on any atom is -0.390 e. The zero-order chi connectivity index (χ0) is 35.1. The molecule has 2 N–H and O–H groups in total. The predicted octanol–water partition coefficient (Wildman–Crippen LogP) is 3.63. The number of alkyl halides is 3. The van der Waals surface area contributed by atoms with Gasteiger partial charge in [0, 0.05) is 81.5 Å². The molecule has 266 valence electrons. The fraction of sp³-hybridized carbons (Fsp3) is 0.545. The number of benzene rings is 1. The Hall–Kier alpha value is -3.31. The molecule has 6 rings (SSSR count). The Kier molecular flexibility index (Phi) is 10.2. The number of aliphatic hydroxyl groups excluding tert-OH is 1. The van der Waals surface area contributed by atoms with Crippen molar-refractivity contribution in [1.29, 1.82) is 0 Å². The van der Waals surface area contributed by atoms with Crippen LogP contribution in [0, 0.1) is 6.92 Å². The number of aliphatic hydroxyl groups is 1. The monoisotopic (exact) mass is 722 g/mol. The third kappa shape index (κ3) is 7.88. The number of carbonyl (C=O) groups is 2. The fourth-order valence-corrected chi connectivity index (χ4v) is 8.81. The first-order valence-electron chi connectivity index (χ1n) is 16.5. The molecule has 1 aromatic carbocycles. The quantitative estimate of drug-likeness (QED) is 0.327.